The molecule has 5 atom stereocenters. The van der Waals surface area contributed by atoms with Gasteiger partial charge in [0.2, 0.25) is 0 Å². The van der Waals surface area contributed by atoms with Gasteiger partial charge in [0, 0.05) is 5.41 Å². The first-order chi connectivity index (χ1) is 12.4. The first kappa shape index (κ1) is 18.4. The third kappa shape index (κ3) is 2.09. The van der Waals surface area contributed by atoms with Gasteiger partial charge in [-0.1, -0.05) is 50.6 Å². The molecule has 2 saturated carbocycles. The molecular weight excluding hydrogens is 364 g/mol. The lowest BCUT2D eigenvalue weighted by Crippen LogP contribution is -2.45. The van der Waals surface area contributed by atoms with Crippen LogP contribution in [-0.4, -0.2) is 23.1 Å². The Morgan fingerprint density at radius 1 is 1.23 bits per heavy atom. The summed E-state index contributed by atoms with van der Waals surface area (Å²) in [5.74, 6) is 0.916. The van der Waals surface area contributed by atoms with E-state index >= 15 is 0 Å². The first-order valence-corrected chi connectivity index (χ1v) is 11.5. The number of fused-ring (bicyclic) bond motifs is 5. The van der Waals surface area contributed by atoms with Crippen molar-refractivity contribution in [3.63, 3.8) is 0 Å². The van der Waals surface area contributed by atoms with Crippen molar-refractivity contribution in [1.29, 1.82) is 0 Å². The van der Waals surface area contributed by atoms with E-state index in [4.69, 9.17) is 14.4 Å². The minimum atomic E-state index is -1.45. The average Bonchev–Trinajstić information content (AvgIpc) is 3.27. The van der Waals surface area contributed by atoms with Gasteiger partial charge >= 0.3 is 0 Å². The molecule has 1 aromatic rings. The minimum Gasteiger partial charge on any atom is -0.290 e. The molecule has 4 rings (SSSR count). The summed E-state index contributed by atoms with van der Waals surface area (Å²) in [6.45, 7) is 4.59. The fraction of sp³-hybridized carbons (Fsp3) is 0.600. The molecule has 1 unspecified atom stereocenters. The smallest absolute Gasteiger partial charge is 0.195 e. The Hall–Kier alpha value is -0.980. The van der Waals surface area contributed by atoms with Crippen LogP contribution in [0.2, 0.25) is 0 Å². The Kier molecular flexibility index (Phi) is 4.44. The van der Waals surface area contributed by atoms with Crippen LogP contribution in [0, 0.1) is 17.3 Å². The van der Waals surface area contributed by atoms with E-state index in [-0.39, 0.29) is 11.0 Å². The van der Waals surface area contributed by atoms with Crippen molar-refractivity contribution < 1.29 is 8.39 Å². The maximum atomic E-state index is 12.4. The second-order valence-electron chi connectivity index (χ2n) is 8.00. The number of hydrogen-bond donors (Lipinski definition) is 0. The van der Waals surface area contributed by atoms with E-state index in [9.17, 15) is 4.21 Å². The molecular formula is C20H26N2O2S2. The Bertz CT molecular complexity index is 792. The van der Waals surface area contributed by atoms with E-state index in [1.54, 1.807) is 0 Å². The van der Waals surface area contributed by atoms with Gasteiger partial charge in [-0.15, -0.1) is 11.8 Å². The number of nitrogens with zero attached hydrogens (tertiary/aromatic N) is 2. The largest absolute Gasteiger partial charge is 0.290 e. The molecule has 3 aliphatic rings. The highest BCUT2D eigenvalue weighted by atomic mass is 32.2. The first-order valence-electron chi connectivity index (χ1n) is 9.17. The number of thioether (sulfide) groups is 1. The van der Waals surface area contributed by atoms with Crippen molar-refractivity contribution in [2.75, 3.05) is 13.4 Å². The van der Waals surface area contributed by atoms with E-state index in [1.165, 1.54) is 37.3 Å². The molecule has 2 fully saturated rings. The highest BCUT2D eigenvalue weighted by Gasteiger charge is 2.77. The summed E-state index contributed by atoms with van der Waals surface area (Å²) in [5.41, 5.74) is 0.355. The highest BCUT2D eigenvalue weighted by Crippen LogP contribution is 2.74. The van der Waals surface area contributed by atoms with Gasteiger partial charge in [0.05, 0.1) is 11.3 Å². The van der Waals surface area contributed by atoms with Crippen molar-refractivity contribution in [2.45, 2.75) is 44.2 Å². The maximum Gasteiger partial charge on any atom is 0.195 e. The topological polar surface area (TPSA) is 51.0 Å². The summed E-state index contributed by atoms with van der Waals surface area (Å²) in [6, 6.07) is 10.7. The lowest BCUT2D eigenvalue weighted by atomic mass is 9.63. The summed E-state index contributed by atoms with van der Waals surface area (Å²) in [4.78, 5) is 0. The van der Waals surface area contributed by atoms with E-state index in [0.29, 0.717) is 11.8 Å². The number of rotatable bonds is 5. The number of hydrogen-bond acceptors (Lipinski definition) is 5. The molecule has 0 saturated heterocycles. The molecule has 0 N–H and O–H groups in total. The zero-order valence-corrected chi connectivity index (χ0v) is 17.4. The van der Waals surface area contributed by atoms with Gasteiger partial charge in [0.15, 0.2) is 11.1 Å². The van der Waals surface area contributed by atoms with Crippen molar-refractivity contribution >= 4 is 22.8 Å². The standard InChI is InChI=1S/C20H26N2O2S2/c1-18(2)19(13-17(25-4)26(23)24-3)15-11-8-12-16(15)20(18,22-21-19)14-9-6-5-7-10-14/h5-7,9-10,13,15-16H,8,11-12H2,1-4H3/b17-13-/t15-,16+,19+,20+,26?/m1/s1. The molecule has 0 aromatic heterocycles. The fourth-order valence-corrected chi connectivity index (χ4v) is 7.34. The van der Waals surface area contributed by atoms with Crippen LogP contribution in [0.3, 0.4) is 0 Å². The second-order valence-corrected chi connectivity index (χ2v) is 10.3. The van der Waals surface area contributed by atoms with Gasteiger partial charge in [-0.2, -0.15) is 10.2 Å². The molecule has 6 heteroatoms. The van der Waals surface area contributed by atoms with Gasteiger partial charge in [-0.25, -0.2) is 4.21 Å². The Balaban J connectivity index is 1.92. The molecule has 1 aromatic carbocycles. The molecule has 0 amide bonds. The predicted molar refractivity (Wildman–Crippen MR) is 107 cm³/mol. The van der Waals surface area contributed by atoms with Crippen molar-refractivity contribution in [3.8, 4) is 0 Å². The van der Waals surface area contributed by atoms with Gasteiger partial charge in [0.1, 0.15) is 11.1 Å². The molecule has 140 valence electrons. The summed E-state index contributed by atoms with van der Waals surface area (Å²) >= 11 is 0.0394. The molecule has 0 radical (unpaired) electrons. The quantitative estimate of drug-likeness (QED) is 0.706. The monoisotopic (exact) mass is 390 g/mol. The van der Waals surface area contributed by atoms with Crippen molar-refractivity contribution in [1.82, 2.24) is 0 Å². The summed E-state index contributed by atoms with van der Waals surface area (Å²) < 4.78 is 18.2. The third-order valence-electron chi connectivity index (χ3n) is 7.01. The Morgan fingerprint density at radius 2 is 1.92 bits per heavy atom. The molecule has 4 nitrogen and oxygen atoms in total. The third-order valence-corrected chi connectivity index (χ3v) is 9.19. The van der Waals surface area contributed by atoms with Crippen LogP contribution in [0.15, 0.2) is 50.9 Å². The molecule has 2 aliphatic carbocycles. The lowest BCUT2D eigenvalue weighted by molar-refractivity contribution is 0.164. The van der Waals surface area contributed by atoms with Crippen molar-refractivity contribution in [3.05, 3.63) is 46.2 Å². The maximum absolute atomic E-state index is 12.4. The zero-order chi connectivity index (χ0) is 18.6. The normalized spacial score (nSPS) is 38.5. The predicted octanol–water partition coefficient (Wildman–Crippen LogP) is 5.06. The summed E-state index contributed by atoms with van der Waals surface area (Å²) in [5, 5.41) is 9.91. The molecule has 26 heavy (non-hydrogen) atoms. The van der Waals surface area contributed by atoms with Crippen LogP contribution in [0.1, 0.15) is 38.7 Å². The van der Waals surface area contributed by atoms with Gasteiger partial charge < -0.3 is 0 Å². The minimum absolute atomic E-state index is 0.184. The fourth-order valence-electron chi connectivity index (χ4n) is 5.86. The van der Waals surface area contributed by atoms with Crippen LogP contribution >= 0.6 is 11.8 Å². The lowest BCUT2D eigenvalue weighted by Gasteiger charge is -2.40. The summed E-state index contributed by atoms with van der Waals surface area (Å²) in [6.07, 6.45) is 7.62. The number of benzene rings is 1. The zero-order valence-electron chi connectivity index (χ0n) is 15.8. The Labute approximate surface area is 162 Å². The Morgan fingerprint density at radius 3 is 2.58 bits per heavy atom. The van der Waals surface area contributed by atoms with Crippen molar-refractivity contribution in [2.24, 2.45) is 27.5 Å². The average molecular weight is 391 g/mol. The van der Waals surface area contributed by atoms with E-state index in [1.807, 2.05) is 6.26 Å². The second kappa shape index (κ2) is 6.28. The van der Waals surface area contributed by atoms with Crippen LogP contribution in [0.5, 0.6) is 0 Å². The molecule has 1 heterocycles. The van der Waals surface area contributed by atoms with Gasteiger partial charge in [-0.05, 0) is 42.6 Å². The van der Waals surface area contributed by atoms with Gasteiger partial charge in [-0.3, -0.25) is 4.18 Å². The van der Waals surface area contributed by atoms with Crippen LogP contribution < -0.4 is 0 Å². The SMILES string of the molecule is COS(=O)/C(=C\[C@]12N=N[C@@](c3ccccc3)([C@H]3CCC[C@H]31)C2(C)C)SC. The molecule has 1 aliphatic heterocycles. The van der Waals surface area contributed by atoms with E-state index in [0.717, 1.165) is 10.7 Å². The highest BCUT2D eigenvalue weighted by molar-refractivity contribution is 8.14. The van der Waals surface area contributed by atoms with Crippen LogP contribution in [0.25, 0.3) is 0 Å². The van der Waals surface area contributed by atoms with Crippen LogP contribution in [0.4, 0.5) is 0 Å². The summed E-state index contributed by atoms with van der Waals surface area (Å²) in [7, 11) is 1.49. The number of azo groups is 1. The van der Waals surface area contributed by atoms with Crippen LogP contribution in [-0.2, 0) is 20.8 Å². The van der Waals surface area contributed by atoms with E-state index in [2.05, 4.69) is 50.3 Å². The molecule has 0 spiro atoms. The van der Waals surface area contributed by atoms with E-state index < -0.39 is 16.6 Å². The molecule has 2 bridgehead atoms. The van der Waals surface area contributed by atoms with Gasteiger partial charge in [0.25, 0.3) is 0 Å².